The quantitative estimate of drug-likeness (QED) is 0.418. The predicted octanol–water partition coefficient (Wildman–Crippen LogP) is 5.21. The Morgan fingerprint density at radius 1 is 0.941 bits per heavy atom. The van der Waals surface area contributed by atoms with Gasteiger partial charge in [-0.15, -0.1) is 11.3 Å². The average Bonchev–Trinajstić information content (AvgIpc) is 3.53. The minimum Gasteiger partial charge on any atom is -0.508 e. The monoisotopic (exact) mass is 469 g/mol. The molecule has 1 aliphatic heterocycles. The minimum atomic E-state index is -0.986. The van der Waals surface area contributed by atoms with E-state index in [0.717, 1.165) is 21.7 Å². The Kier molecular flexibility index (Phi) is 5.65. The molecule has 2 aromatic heterocycles. The van der Waals surface area contributed by atoms with E-state index in [0.29, 0.717) is 16.9 Å². The molecule has 34 heavy (non-hydrogen) atoms. The molecule has 3 heterocycles. The number of nitrogens with zero attached hydrogens (tertiary/aromatic N) is 3. The number of carboxylic acid groups (broad SMARTS) is 1. The van der Waals surface area contributed by atoms with Crippen molar-refractivity contribution in [3.8, 4) is 16.2 Å². The summed E-state index contributed by atoms with van der Waals surface area (Å²) in [6.07, 6.45) is 3.83. The molecule has 2 N–H and O–H groups in total. The number of pyridine rings is 1. The Bertz CT molecular complexity index is 1400. The zero-order valence-corrected chi connectivity index (χ0v) is 18.6. The van der Waals surface area contributed by atoms with E-state index in [9.17, 15) is 14.7 Å². The second-order valence-electron chi connectivity index (χ2n) is 7.76. The Hall–Kier alpha value is -4.30. The summed E-state index contributed by atoms with van der Waals surface area (Å²) in [6.45, 7) is 0. The van der Waals surface area contributed by atoms with Gasteiger partial charge in [0, 0.05) is 34.8 Å². The number of carboxylic acids is 1. The number of benzene rings is 2. The maximum atomic E-state index is 13.6. The molecule has 1 unspecified atom stereocenters. The summed E-state index contributed by atoms with van der Waals surface area (Å²) in [7, 11) is 0. The van der Waals surface area contributed by atoms with Crippen LogP contribution >= 0.6 is 11.3 Å². The van der Waals surface area contributed by atoms with Crippen molar-refractivity contribution < 1.29 is 19.8 Å². The van der Waals surface area contributed by atoms with Gasteiger partial charge in [-0.3, -0.25) is 9.78 Å². The van der Waals surface area contributed by atoms with Gasteiger partial charge in [-0.05, 0) is 42.0 Å². The van der Waals surface area contributed by atoms with E-state index in [1.54, 1.807) is 48.8 Å². The number of carbonyl (C=O) groups excluding carboxylic acids is 1. The van der Waals surface area contributed by atoms with Gasteiger partial charge in [0.15, 0.2) is 0 Å². The van der Waals surface area contributed by atoms with Gasteiger partial charge in [-0.1, -0.05) is 36.4 Å². The molecule has 0 fully saturated rings. The average molecular weight is 470 g/mol. The summed E-state index contributed by atoms with van der Waals surface area (Å²) in [5.74, 6) is -1.15. The molecule has 1 aliphatic rings. The van der Waals surface area contributed by atoms with Crippen LogP contribution in [-0.4, -0.2) is 37.8 Å². The predicted molar refractivity (Wildman–Crippen MR) is 129 cm³/mol. The van der Waals surface area contributed by atoms with Crippen LogP contribution in [0.4, 0.5) is 0 Å². The van der Waals surface area contributed by atoms with Crippen LogP contribution in [-0.2, 0) is 0 Å². The Morgan fingerprint density at radius 2 is 1.74 bits per heavy atom. The first-order valence-electron chi connectivity index (χ1n) is 10.5. The molecule has 2 aromatic carbocycles. The van der Waals surface area contributed by atoms with Crippen LogP contribution in [0.3, 0.4) is 0 Å². The van der Waals surface area contributed by atoms with E-state index >= 15 is 0 Å². The van der Waals surface area contributed by atoms with Gasteiger partial charge < -0.3 is 10.2 Å². The maximum absolute atomic E-state index is 13.6. The maximum Gasteiger partial charge on any atom is 0.335 e. The fourth-order valence-corrected chi connectivity index (χ4v) is 4.86. The number of amides is 1. The fraction of sp³-hybridized carbons (Fsp3) is 0.0769. The number of hydrogen-bond acceptors (Lipinski definition) is 6. The molecule has 168 valence electrons. The largest absolute Gasteiger partial charge is 0.508 e. The molecule has 0 radical (unpaired) electrons. The molecule has 0 aliphatic carbocycles. The van der Waals surface area contributed by atoms with Crippen molar-refractivity contribution in [3.63, 3.8) is 0 Å². The van der Waals surface area contributed by atoms with Gasteiger partial charge in [-0.25, -0.2) is 9.80 Å². The number of aromatic nitrogens is 1. The molecule has 0 spiro atoms. The molecule has 4 aromatic rings. The highest BCUT2D eigenvalue weighted by molar-refractivity contribution is 7.17. The van der Waals surface area contributed by atoms with E-state index in [4.69, 9.17) is 5.11 Å². The normalized spacial score (nSPS) is 15.2. The first kappa shape index (κ1) is 21.5. The summed E-state index contributed by atoms with van der Waals surface area (Å²) < 4.78 is 0. The smallest absolute Gasteiger partial charge is 0.335 e. The van der Waals surface area contributed by atoms with Gasteiger partial charge in [0.1, 0.15) is 5.75 Å². The molecular weight excluding hydrogens is 450 g/mol. The van der Waals surface area contributed by atoms with Gasteiger partial charge >= 0.3 is 5.97 Å². The van der Waals surface area contributed by atoms with Crippen LogP contribution in [0.25, 0.3) is 10.4 Å². The minimum absolute atomic E-state index is 0.110. The fourth-order valence-electron chi connectivity index (χ4n) is 3.92. The van der Waals surface area contributed by atoms with Crippen LogP contribution in [0.15, 0.2) is 90.3 Å². The van der Waals surface area contributed by atoms with E-state index in [-0.39, 0.29) is 17.2 Å². The second kappa shape index (κ2) is 8.92. The number of rotatable bonds is 5. The third-order valence-electron chi connectivity index (χ3n) is 5.64. The van der Waals surface area contributed by atoms with Crippen molar-refractivity contribution in [1.29, 1.82) is 0 Å². The van der Waals surface area contributed by atoms with Crippen molar-refractivity contribution in [2.45, 2.75) is 12.5 Å². The number of carbonyl (C=O) groups is 2. The topological polar surface area (TPSA) is 103 Å². The van der Waals surface area contributed by atoms with Crippen LogP contribution < -0.4 is 0 Å². The number of hydrogen-bond donors (Lipinski definition) is 2. The molecule has 0 bridgehead atoms. The Labute approximate surface area is 199 Å². The van der Waals surface area contributed by atoms with Gasteiger partial charge in [-0.2, -0.15) is 5.10 Å². The third-order valence-corrected chi connectivity index (χ3v) is 6.76. The van der Waals surface area contributed by atoms with Crippen LogP contribution in [0.5, 0.6) is 5.75 Å². The number of thiophene rings is 1. The molecule has 0 saturated carbocycles. The van der Waals surface area contributed by atoms with Gasteiger partial charge in [0.2, 0.25) is 0 Å². The highest BCUT2D eigenvalue weighted by Crippen LogP contribution is 2.39. The van der Waals surface area contributed by atoms with Crippen LogP contribution in [0.1, 0.15) is 43.6 Å². The zero-order chi connectivity index (χ0) is 23.7. The lowest BCUT2D eigenvalue weighted by atomic mass is 9.98. The standard InChI is InChI=1S/C26H19N3O4S/c30-22-6-2-1-5-19(22)21-14-20(18-4-3-13-27-15-18)28-29(21)25(31)24-12-11-23(34-24)16-7-9-17(10-8-16)26(32)33/h1-13,15,21,30H,14H2,(H,32,33). The summed E-state index contributed by atoms with van der Waals surface area (Å²) in [5.41, 5.74) is 3.20. The molecule has 0 saturated heterocycles. The lowest BCUT2D eigenvalue weighted by Crippen LogP contribution is -2.26. The molecule has 8 heteroatoms. The van der Waals surface area contributed by atoms with E-state index in [1.165, 1.54) is 28.5 Å². The van der Waals surface area contributed by atoms with Crippen LogP contribution in [0.2, 0.25) is 0 Å². The Morgan fingerprint density at radius 3 is 2.44 bits per heavy atom. The summed E-state index contributed by atoms with van der Waals surface area (Å²) in [5, 5.41) is 25.6. The molecular formula is C26H19N3O4S. The molecule has 1 atom stereocenters. The number of para-hydroxylation sites is 1. The lowest BCUT2D eigenvalue weighted by Gasteiger charge is -2.22. The second-order valence-corrected chi connectivity index (χ2v) is 8.85. The molecule has 1 amide bonds. The number of hydrazone groups is 1. The van der Waals surface area contributed by atoms with Crippen molar-refractivity contribution in [3.05, 3.63) is 107 Å². The number of aromatic carboxylic acids is 1. The van der Waals surface area contributed by atoms with E-state index < -0.39 is 12.0 Å². The Balaban J connectivity index is 1.48. The number of phenols is 1. The third kappa shape index (κ3) is 4.06. The highest BCUT2D eigenvalue weighted by atomic mass is 32.1. The highest BCUT2D eigenvalue weighted by Gasteiger charge is 2.35. The molecule has 7 nitrogen and oxygen atoms in total. The van der Waals surface area contributed by atoms with Crippen molar-refractivity contribution in [2.24, 2.45) is 5.10 Å². The van der Waals surface area contributed by atoms with E-state index in [2.05, 4.69) is 10.1 Å². The lowest BCUT2D eigenvalue weighted by molar-refractivity contribution is 0.0693. The zero-order valence-electron chi connectivity index (χ0n) is 17.8. The number of aromatic hydroxyl groups is 1. The summed E-state index contributed by atoms with van der Waals surface area (Å²) in [4.78, 5) is 30.2. The summed E-state index contributed by atoms with van der Waals surface area (Å²) >= 11 is 1.31. The van der Waals surface area contributed by atoms with Gasteiger partial charge in [0.25, 0.3) is 5.91 Å². The molecule has 5 rings (SSSR count). The first-order valence-corrected chi connectivity index (χ1v) is 11.4. The SMILES string of the molecule is O=C(O)c1ccc(-c2ccc(C(=O)N3N=C(c4cccnc4)CC3c3ccccc3O)s2)cc1. The van der Waals surface area contributed by atoms with Gasteiger partial charge in [0.05, 0.1) is 22.2 Å². The van der Waals surface area contributed by atoms with Crippen molar-refractivity contribution in [1.82, 2.24) is 9.99 Å². The first-order chi connectivity index (χ1) is 16.5. The number of phenolic OH excluding ortho intramolecular Hbond substituents is 1. The van der Waals surface area contributed by atoms with E-state index in [1.807, 2.05) is 24.3 Å². The van der Waals surface area contributed by atoms with Crippen molar-refractivity contribution >= 4 is 28.9 Å². The van der Waals surface area contributed by atoms with Crippen molar-refractivity contribution in [2.75, 3.05) is 0 Å². The van der Waals surface area contributed by atoms with Crippen LogP contribution in [0, 0.1) is 0 Å². The summed E-state index contributed by atoms with van der Waals surface area (Å²) in [6, 6.07) is 20.3.